The van der Waals surface area contributed by atoms with Crippen LogP contribution in [0, 0.1) is 0 Å². The summed E-state index contributed by atoms with van der Waals surface area (Å²) in [6.07, 6.45) is 0.431. The minimum absolute atomic E-state index is 0.130. The van der Waals surface area contributed by atoms with E-state index < -0.39 is 15.1 Å². The fourth-order valence-corrected chi connectivity index (χ4v) is 3.10. The Morgan fingerprint density at radius 2 is 2.12 bits per heavy atom. The van der Waals surface area contributed by atoms with E-state index in [0.29, 0.717) is 18.1 Å². The highest BCUT2D eigenvalue weighted by Gasteiger charge is 2.25. The standard InChI is InChI=1S/C11H16ClNO3S/c1-8(5-6-16-2)17(14,15)11-4-3-9(12)7-10(11)13/h3-4,7-8H,5-6,13H2,1-2H3. The van der Waals surface area contributed by atoms with Crippen molar-refractivity contribution < 1.29 is 13.2 Å². The molecule has 1 rings (SSSR count). The Hall–Kier alpha value is -0.780. The zero-order chi connectivity index (χ0) is 13.1. The number of hydrogen-bond donors (Lipinski definition) is 1. The molecule has 1 atom stereocenters. The van der Waals surface area contributed by atoms with E-state index in [-0.39, 0.29) is 10.6 Å². The van der Waals surface area contributed by atoms with Crippen molar-refractivity contribution >= 4 is 27.1 Å². The Balaban J connectivity index is 3.04. The number of anilines is 1. The summed E-state index contributed by atoms with van der Waals surface area (Å²) in [5.41, 5.74) is 5.86. The topological polar surface area (TPSA) is 69.4 Å². The van der Waals surface area contributed by atoms with Crippen molar-refractivity contribution in [2.75, 3.05) is 19.5 Å². The van der Waals surface area contributed by atoms with Crippen LogP contribution in [0.25, 0.3) is 0 Å². The van der Waals surface area contributed by atoms with Crippen LogP contribution in [0.2, 0.25) is 5.02 Å². The number of nitrogen functional groups attached to an aromatic ring is 1. The summed E-state index contributed by atoms with van der Waals surface area (Å²) < 4.78 is 29.3. The van der Waals surface area contributed by atoms with Gasteiger partial charge in [0.1, 0.15) is 0 Å². The SMILES string of the molecule is COCCC(C)S(=O)(=O)c1ccc(Cl)cc1N. The first-order chi connectivity index (χ1) is 7.89. The summed E-state index contributed by atoms with van der Waals surface area (Å²) in [6, 6.07) is 4.40. The van der Waals surface area contributed by atoms with Crippen LogP contribution in [0.5, 0.6) is 0 Å². The molecule has 4 nitrogen and oxygen atoms in total. The van der Waals surface area contributed by atoms with Crippen LogP contribution in [0.3, 0.4) is 0 Å². The molecule has 0 saturated carbocycles. The number of rotatable bonds is 5. The van der Waals surface area contributed by atoms with Gasteiger partial charge in [0.2, 0.25) is 0 Å². The van der Waals surface area contributed by atoms with Gasteiger partial charge >= 0.3 is 0 Å². The molecule has 1 aromatic carbocycles. The normalized spacial score (nSPS) is 13.6. The van der Waals surface area contributed by atoms with E-state index >= 15 is 0 Å². The van der Waals surface area contributed by atoms with Crippen molar-refractivity contribution in [1.29, 1.82) is 0 Å². The maximum absolute atomic E-state index is 12.2. The minimum atomic E-state index is -3.42. The molecule has 2 N–H and O–H groups in total. The van der Waals surface area contributed by atoms with Gasteiger partial charge in [0.05, 0.1) is 15.8 Å². The molecule has 17 heavy (non-hydrogen) atoms. The molecule has 0 aliphatic rings. The third-order valence-electron chi connectivity index (χ3n) is 2.54. The lowest BCUT2D eigenvalue weighted by molar-refractivity contribution is 0.194. The molecule has 96 valence electrons. The molecule has 0 aliphatic heterocycles. The molecule has 0 radical (unpaired) electrons. The van der Waals surface area contributed by atoms with Gasteiger partial charge in [0.25, 0.3) is 0 Å². The second-order valence-electron chi connectivity index (χ2n) is 3.82. The Morgan fingerprint density at radius 1 is 1.47 bits per heavy atom. The molecule has 0 spiro atoms. The third kappa shape index (κ3) is 3.34. The molecule has 0 heterocycles. The van der Waals surface area contributed by atoms with Gasteiger partial charge in [0.15, 0.2) is 9.84 Å². The average Bonchev–Trinajstić information content (AvgIpc) is 2.25. The zero-order valence-corrected chi connectivity index (χ0v) is 11.4. The Bertz CT molecular complexity index is 487. The van der Waals surface area contributed by atoms with Crippen LogP contribution in [0.4, 0.5) is 5.69 Å². The first kappa shape index (κ1) is 14.3. The largest absolute Gasteiger partial charge is 0.398 e. The molecular formula is C11H16ClNO3S. The van der Waals surface area contributed by atoms with E-state index in [1.165, 1.54) is 25.3 Å². The van der Waals surface area contributed by atoms with E-state index in [9.17, 15) is 8.42 Å². The molecule has 6 heteroatoms. The molecule has 0 saturated heterocycles. The maximum Gasteiger partial charge on any atom is 0.183 e. The van der Waals surface area contributed by atoms with Crippen molar-refractivity contribution in [2.24, 2.45) is 0 Å². The molecule has 1 aromatic rings. The highest BCUT2D eigenvalue weighted by atomic mass is 35.5. The van der Waals surface area contributed by atoms with Crippen LogP contribution in [-0.4, -0.2) is 27.4 Å². The fourth-order valence-electron chi connectivity index (χ4n) is 1.43. The highest BCUT2D eigenvalue weighted by molar-refractivity contribution is 7.92. The van der Waals surface area contributed by atoms with Gasteiger partial charge < -0.3 is 10.5 Å². The van der Waals surface area contributed by atoms with Crippen molar-refractivity contribution in [3.8, 4) is 0 Å². The van der Waals surface area contributed by atoms with Crippen molar-refractivity contribution in [2.45, 2.75) is 23.5 Å². The number of ether oxygens (including phenoxy) is 1. The predicted octanol–water partition coefficient (Wildman–Crippen LogP) is 2.12. The van der Waals surface area contributed by atoms with Crippen molar-refractivity contribution in [1.82, 2.24) is 0 Å². The van der Waals surface area contributed by atoms with Crippen molar-refractivity contribution in [3.05, 3.63) is 23.2 Å². The molecule has 0 amide bonds. The maximum atomic E-state index is 12.2. The first-order valence-electron chi connectivity index (χ1n) is 5.17. The van der Waals surface area contributed by atoms with Gasteiger partial charge in [-0.15, -0.1) is 0 Å². The van der Waals surface area contributed by atoms with E-state index in [2.05, 4.69) is 0 Å². The van der Waals surface area contributed by atoms with E-state index in [4.69, 9.17) is 22.1 Å². The minimum Gasteiger partial charge on any atom is -0.398 e. The van der Waals surface area contributed by atoms with Crippen LogP contribution in [-0.2, 0) is 14.6 Å². The Morgan fingerprint density at radius 3 is 2.65 bits per heavy atom. The predicted molar refractivity (Wildman–Crippen MR) is 69.0 cm³/mol. The number of sulfone groups is 1. The van der Waals surface area contributed by atoms with Crippen molar-refractivity contribution in [3.63, 3.8) is 0 Å². The fraction of sp³-hybridized carbons (Fsp3) is 0.455. The van der Waals surface area contributed by atoms with Gasteiger partial charge in [-0.1, -0.05) is 11.6 Å². The molecule has 0 bridgehead atoms. The van der Waals surface area contributed by atoms with E-state index in [1.807, 2.05) is 0 Å². The number of hydrogen-bond acceptors (Lipinski definition) is 4. The quantitative estimate of drug-likeness (QED) is 0.837. The van der Waals surface area contributed by atoms with Gasteiger partial charge in [0, 0.05) is 18.7 Å². The smallest absolute Gasteiger partial charge is 0.183 e. The number of halogens is 1. The molecule has 1 unspecified atom stereocenters. The third-order valence-corrected chi connectivity index (χ3v) is 5.05. The lowest BCUT2D eigenvalue weighted by atomic mass is 10.3. The van der Waals surface area contributed by atoms with Gasteiger partial charge in [-0.2, -0.15) is 0 Å². The Kier molecular flexibility index (Phi) is 4.80. The number of nitrogens with two attached hydrogens (primary N) is 1. The average molecular weight is 278 g/mol. The molecule has 0 aromatic heterocycles. The monoisotopic (exact) mass is 277 g/mol. The first-order valence-corrected chi connectivity index (χ1v) is 7.10. The van der Waals surface area contributed by atoms with Gasteiger partial charge in [-0.3, -0.25) is 0 Å². The second kappa shape index (κ2) is 5.71. The summed E-state index contributed by atoms with van der Waals surface area (Å²) in [6.45, 7) is 2.04. The molecule has 0 aliphatic carbocycles. The summed E-state index contributed by atoms with van der Waals surface area (Å²) in [7, 11) is -1.88. The Labute approximate surface area is 107 Å². The summed E-state index contributed by atoms with van der Waals surface area (Å²) in [5, 5.41) is -0.114. The lowest BCUT2D eigenvalue weighted by Crippen LogP contribution is -2.20. The van der Waals surface area contributed by atoms with Crippen LogP contribution >= 0.6 is 11.6 Å². The van der Waals surface area contributed by atoms with Gasteiger partial charge in [-0.25, -0.2) is 8.42 Å². The molecular weight excluding hydrogens is 262 g/mol. The molecule has 0 fully saturated rings. The van der Waals surface area contributed by atoms with Crippen LogP contribution in [0.1, 0.15) is 13.3 Å². The number of benzene rings is 1. The number of methoxy groups -OCH3 is 1. The lowest BCUT2D eigenvalue weighted by Gasteiger charge is -2.14. The van der Waals surface area contributed by atoms with Crippen LogP contribution in [0.15, 0.2) is 23.1 Å². The zero-order valence-electron chi connectivity index (χ0n) is 9.81. The highest BCUT2D eigenvalue weighted by Crippen LogP contribution is 2.26. The summed E-state index contributed by atoms with van der Waals surface area (Å²) in [4.78, 5) is 0.130. The second-order valence-corrected chi connectivity index (χ2v) is 6.59. The van der Waals surface area contributed by atoms with E-state index in [1.54, 1.807) is 6.92 Å². The van der Waals surface area contributed by atoms with E-state index in [0.717, 1.165) is 0 Å². The van der Waals surface area contributed by atoms with Gasteiger partial charge in [-0.05, 0) is 31.5 Å². The van der Waals surface area contributed by atoms with Crippen LogP contribution < -0.4 is 5.73 Å². The summed E-state index contributed by atoms with van der Waals surface area (Å²) in [5.74, 6) is 0. The summed E-state index contributed by atoms with van der Waals surface area (Å²) >= 11 is 5.74.